The topological polar surface area (TPSA) is 61.6 Å². The first-order valence-electron chi connectivity index (χ1n) is 8.43. The molecule has 5 nitrogen and oxygen atoms in total. The third-order valence-corrected chi connectivity index (χ3v) is 4.39. The first kappa shape index (κ1) is 22.2. The Labute approximate surface area is 158 Å². The Morgan fingerprint density at radius 3 is 2.30 bits per heavy atom. The summed E-state index contributed by atoms with van der Waals surface area (Å²) in [4.78, 5) is 4.74. The van der Waals surface area contributed by atoms with Gasteiger partial charge < -0.3 is 20.3 Å². The third-order valence-electron chi connectivity index (χ3n) is 4.39. The van der Waals surface area contributed by atoms with Crippen LogP contribution in [-0.4, -0.2) is 41.9 Å². The molecule has 0 aliphatic carbocycles. The van der Waals surface area contributed by atoms with E-state index in [0.29, 0.717) is 0 Å². The summed E-state index contributed by atoms with van der Waals surface area (Å²) in [5, 5.41) is 16.0. The lowest BCUT2D eigenvalue weighted by molar-refractivity contribution is 0.175. The maximum Gasteiger partial charge on any atom is 0.191 e. The largest absolute Gasteiger partial charge is 0.396 e. The van der Waals surface area contributed by atoms with Gasteiger partial charge in [0.2, 0.25) is 0 Å². The van der Waals surface area contributed by atoms with Gasteiger partial charge in [-0.3, -0.25) is 4.99 Å². The van der Waals surface area contributed by atoms with Gasteiger partial charge in [-0.05, 0) is 43.7 Å². The molecule has 0 saturated heterocycles. The van der Waals surface area contributed by atoms with E-state index in [2.05, 4.69) is 48.4 Å². The Balaban J connectivity index is 0.00000484. The molecule has 1 rings (SSSR count). The zero-order chi connectivity index (χ0) is 16.3. The molecule has 0 amide bonds. The van der Waals surface area contributed by atoms with E-state index >= 15 is 0 Å². The quantitative estimate of drug-likeness (QED) is 0.300. The van der Waals surface area contributed by atoms with Crippen LogP contribution in [0.2, 0.25) is 0 Å². The molecule has 0 aromatic carbocycles. The molecule has 0 fully saturated rings. The number of aromatic nitrogens is 1. The number of nitrogens with zero attached hydrogens (tertiary/aromatic N) is 2. The lowest BCUT2D eigenvalue weighted by Crippen LogP contribution is -2.40. The standard InChI is InChI=1S/C17H32N4O.HI/c1-4-17(5-2,9-14-22)15-20-16(18-6-3)19-10-13-21-11-7-8-12-21;/h7-8,11-12,22H,4-6,9-10,13-15H2,1-3H3,(H2,18,19,20);1H. The summed E-state index contributed by atoms with van der Waals surface area (Å²) in [6, 6.07) is 4.07. The van der Waals surface area contributed by atoms with Crippen molar-refractivity contribution in [3.63, 3.8) is 0 Å². The highest BCUT2D eigenvalue weighted by atomic mass is 127. The van der Waals surface area contributed by atoms with Crippen LogP contribution in [-0.2, 0) is 6.54 Å². The van der Waals surface area contributed by atoms with Gasteiger partial charge in [0.1, 0.15) is 0 Å². The van der Waals surface area contributed by atoms with Crippen LogP contribution >= 0.6 is 24.0 Å². The average Bonchev–Trinajstić information content (AvgIpc) is 3.04. The zero-order valence-corrected chi connectivity index (χ0v) is 17.0. The number of halogens is 1. The van der Waals surface area contributed by atoms with E-state index in [1.54, 1.807) is 0 Å². The van der Waals surface area contributed by atoms with Crippen LogP contribution in [0.4, 0.5) is 0 Å². The predicted octanol–water partition coefficient (Wildman–Crippen LogP) is 2.85. The van der Waals surface area contributed by atoms with Gasteiger partial charge in [-0.1, -0.05) is 13.8 Å². The Kier molecular flexibility index (Phi) is 12.2. The summed E-state index contributed by atoms with van der Waals surface area (Å²) >= 11 is 0. The lowest BCUT2D eigenvalue weighted by atomic mass is 9.79. The molecule has 1 aromatic heterocycles. The molecule has 0 aliphatic rings. The monoisotopic (exact) mass is 436 g/mol. The van der Waals surface area contributed by atoms with Crippen LogP contribution in [0.1, 0.15) is 40.0 Å². The Morgan fingerprint density at radius 2 is 1.78 bits per heavy atom. The van der Waals surface area contributed by atoms with Gasteiger partial charge in [0.05, 0.1) is 0 Å². The summed E-state index contributed by atoms with van der Waals surface area (Å²) in [5.74, 6) is 0.860. The molecule has 3 N–H and O–H groups in total. The summed E-state index contributed by atoms with van der Waals surface area (Å²) in [5.41, 5.74) is 0.109. The molecule has 0 spiro atoms. The van der Waals surface area contributed by atoms with Crippen molar-refractivity contribution in [2.24, 2.45) is 10.4 Å². The first-order valence-corrected chi connectivity index (χ1v) is 8.43. The molecule has 0 radical (unpaired) electrons. The minimum atomic E-state index is 0. The third kappa shape index (κ3) is 8.06. The highest BCUT2D eigenvalue weighted by Crippen LogP contribution is 2.30. The molecule has 0 atom stereocenters. The molecule has 23 heavy (non-hydrogen) atoms. The van der Waals surface area contributed by atoms with Crippen molar-refractivity contribution in [3.05, 3.63) is 24.5 Å². The smallest absolute Gasteiger partial charge is 0.191 e. The van der Waals surface area contributed by atoms with Crippen LogP contribution < -0.4 is 10.6 Å². The van der Waals surface area contributed by atoms with Crippen LogP contribution in [0.5, 0.6) is 0 Å². The number of hydrogen-bond acceptors (Lipinski definition) is 2. The molecule has 6 heteroatoms. The summed E-state index contributed by atoms with van der Waals surface area (Å²) in [6.07, 6.45) is 7.01. The van der Waals surface area contributed by atoms with Crippen LogP contribution in [0.3, 0.4) is 0 Å². The Bertz CT molecular complexity index is 416. The molecule has 0 saturated carbocycles. The van der Waals surface area contributed by atoms with Gasteiger partial charge in [0, 0.05) is 45.2 Å². The fraction of sp³-hybridized carbons (Fsp3) is 0.706. The summed E-state index contributed by atoms with van der Waals surface area (Å²) in [7, 11) is 0. The van der Waals surface area contributed by atoms with E-state index in [9.17, 15) is 5.11 Å². The summed E-state index contributed by atoms with van der Waals surface area (Å²) in [6.45, 7) is 10.0. The van der Waals surface area contributed by atoms with Crippen molar-refractivity contribution in [1.29, 1.82) is 0 Å². The van der Waals surface area contributed by atoms with Crippen LogP contribution in [0.25, 0.3) is 0 Å². The molecule has 134 valence electrons. The van der Waals surface area contributed by atoms with Crippen molar-refractivity contribution >= 4 is 29.9 Å². The number of rotatable bonds is 10. The molecule has 0 unspecified atom stereocenters. The zero-order valence-electron chi connectivity index (χ0n) is 14.7. The molecule has 0 bridgehead atoms. The number of hydrogen-bond donors (Lipinski definition) is 3. The highest BCUT2D eigenvalue weighted by molar-refractivity contribution is 14.0. The Morgan fingerprint density at radius 1 is 1.13 bits per heavy atom. The molecular weight excluding hydrogens is 403 g/mol. The number of nitrogens with one attached hydrogen (secondary N) is 2. The van der Waals surface area contributed by atoms with E-state index in [4.69, 9.17) is 4.99 Å². The molecule has 0 aliphatic heterocycles. The second kappa shape index (κ2) is 12.6. The van der Waals surface area contributed by atoms with E-state index < -0.39 is 0 Å². The second-order valence-corrected chi connectivity index (χ2v) is 5.72. The van der Waals surface area contributed by atoms with Gasteiger partial charge in [-0.2, -0.15) is 0 Å². The SMILES string of the molecule is CCNC(=NCC(CC)(CC)CCO)NCCn1cccc1.I. The van der Waals surface area contributed by atoms with E-state index in [1.807, 2.05) is 12.1 Å². The summed E-state index contributed by atoms with van der Waals surface area (Å²) < 4.78 is 2.14. The van der Waals surface area contributed by atoms with Gasteiger partial charge in [0.25, 0.3) is 0 Å². The molecule has 1 aromatic rings. The maximum atomic E-state index is 9.30. The van der Waals surface area contributed by atoms with Gasteiger partial charge >= 0.3 is 0 Å². The average molecular weight is 436 g/mol. The number of aliphatic imine (C=N–C) groups is 1. The van der Waals surface area contributed by atoms with E-state index in [0.717, 1.165) is 51.4 Å². The van der Waals surface area contributed by atoms with Crippen LogP contribution in [0, 0.1) is 5.41 Å². The second-order valence-electron chi connectivity index (χ2n) is 5.72. The normalized spacial score (nSPS) is 11.9. The van der Waals surface area contributed by atoms with Gasteiger partial charge in [0.15, 0.2) is 5.96 Å². The first-order chi connectivity index (χ1) is 10.7. The minimum Gasteiger partial charge on any atom is -0.396 e. The van der Waals surface area contributed by atoms with Crippen molar-refractivity contribution in [2.75, 3.05) is 26.2 Å². The van der Waals surface area contributed by atoms with Crippen molar-refractivity contribution in [1.82, 2.24) is 15.2 Å². The lowest BCUT2D eigenvalue weighted by Gasteiger charge is -2.29. The van der Waals surface area contributed by atoms with Crippen molar-refractivity contribution in [2.45, 2.75) is 46.6 Å². The van der Waals surface area contributed by atoms with E-state index in [-0.39, 0.29) is 36.0 Å². The van der Waals surface area contributed by atoms with Crippen LogP contribution in [0.15, 0.2) is 29.5 Å². The van der Waals surface area contributed by atoms with Gasteiger partial charge in [-0.15, -0.1) is 24.0 Å². The maximum absolute atomic E-state index is 9.30. The Hall–Kier alpha value is -0.760. The van der Waals surface area contributed by atoms with Crippen molar-refractivity contribution in [3.8, 4) is 0 Å². The fourth-order valence-corrected chi connectivity index (χ4v) is 2.55. The molecular formula is C17H33IN4O. The fourth-order valence-electron chi connectivity index (χ4n) is 2.55. The predicted molar refractivity (Wildman–Crippen MR) is 109 cm³/mol. The number of aliphatic hydroxyl groups excluding tert-OH is 1. The number of guanidine groups is 1. The minimum absolute atomic E-state index is 0. The van der Waals surface area contributed by atoms with Gasteiger partial charge in [-0.25, -0.2) is 0 Å². The number of aliphatic hydroxyl groups is 1. The highest BCUT2D eigenvalue weighted by Gasteiger charge is 2.25. The van der Waals surface area contributed by atoms with E-state index in [1.165, 1.54) is 0 Å². The molecule has 1 heterocycles. The van der Waals surface area contributed by atoms with Crippen molar-refractivity contribution < 1.29 is 5.11 Å².